The average Bonchev–Trinajstić information content (AvgIpc) is 2.11. The minimum atomic E-state index is 0. The fourth-order valence-electron chi connectivity index (χ4n) is 0.594. The van der Waals surface area contributed by atoms with Crippen LogP contribution in [0, 0.1) is 0 Å². The standard InChI is InChI=1S/C8H7N.C2H6.H2O/c1-2-9-8-6-4-3-5-7-8;1-2;/h3-7H,1H2;1-2H3;1H2. The summed E-state index contributed by atoms with van der Waals surface area (Å²) in [6.45, 7) is 7.36. The molecule has 0 aliphatic rings. The van der Waals surface area contributed by atoms with Crippen molar-refractivity contribution in [2.45, 2.75) is 13.8 Å². The van der Waals surface area contributed by atoms with Gasteiger partial charge in [-0.2, -0.15) is 0 Å². The second-order valence-corrected chi connectivity index (χ2v) is 1.61. The molecule has 0 unspecified atom stereocenters. The molecule has 0 aromatic heterocycles. The number of para-hydroxylation sites is 1. The highest BCUT2D eigenvalue weighted by atomic mass is 16.0. The van der Waals surface area contributed by atoms with Gasteiger partial charge in [-0.25, -0.2) is 4.99 Å². The second kappa shape index (κ2) is 9.63. The van der Waals surface area contributed by atoms with E-state index in [1.165, 1.54) is 0 Å². The molecule has 2 nitrogen and oxygen atoms in total. The van der Waals surface area contributed by atoms with E-state index in [9.17, 15) is 0 Å². The second-order valence-electron chi connectivity index (χ2n) is 1.61. The first-order valence-electron chi connectivity index (χ1n) is 3.71. The maximum absolute atomic E-state index is 3.85. The van der Waals surface area contributed by atoms with Crippen molar-refractivity contribution in [2.24, 2.45) is 4.99 Å². The molecule has 0 heterocycles. The lowest BCUT2D eigenvalue weighted by Crippen LogP contribution is -1.58. The van der Waals surface area contributed by atoms with E-state index in [1.807, 2.05) is 44.2 Å². The number of hydrogen-bond donors (Lipinski definition) is 0. The molecule has 0 saturated heterocycles. The van der Waals surface area contributed by atoms with E-state index < -0.39 is 0 Å². The molecule has 2 heteroatoms. The van der Waals surface area contributed by atoms with E-state index >= 15 is 0 Å². The summed E-state index contributed by atoms with van der Waals surface area (Å²) in [5, 5.41) is 0. The zero-order valence-corrected chi connectivity index (χ0v) is 7.54. The van der Waals surface area contributed by atoms with Crippen LogP contribution in [0.5, 0.6) is 0 Å². The van der Waals surface area contributed by atoms with Crippen molar-refractivity contribution in [1.29, 1.82) is 0 Å². The summed E-state index contributed by atoms with van der Waals surface area (Å²) in [4.78, 5) is 3.85. The molecule has 0 amide bonds. The number of aliphatic imine (C=N–C) groups is 1. The van der Waals surface area contributed by atoms with Crippen molar-refractivity contribution in [2.75, 3.05) is 0 Å². The topological polar surface area (TPSA) is 43.9 Å². The Morgan fingerprint density at radius 2 is 1.67 bits per heavy atom. The van der Waals surface area contributed by atoms with Gasteiger partial charge >= 0.3 is 0 Å². The van der Waals surface area contributed by atoms with Crippen LogP contribution in [0.25, 0.3) is 0 Å². The Morgan fingerprint density at radius 1 is 1.17 bits per heavy atom. The predicted octanol–water partition coefficient (Wildman–Crippen LogP) is 2.38. The van der Waals surface area contributed by atoms with E-state index in [-0.39, 0.29) is 5.48 Å². The van der Waals surface area contributed by atoms with Crippen LogP contribution in [0.2, 0.25) is 0 Å². The molecule has 1 aromatic rings. The van der Waals surface area contributed by atoms with Gasteiger partial charge in [0.15, 0.2) is 0 Å². The highest BCUT2D eigenvalue weighted by Gasteiger charge is 1.78. The van der Waals surface area contributed by atoms with Gasteiger partial charge in [0, 0.05) is 0 Å². The lowest BCUT2D eigenvalue weighted by molar-refractivity contribution is 0.824. The van der Waals surface area contributed by atoms with Gasteiger partial charge in [0.2, 0.25) is 0 Å². The molecule has 0 bridgehead atoms. The molecule has 0 atom stereocenters. The molecular formula is C10H15NO. The molecule has 1 aromatic carbocycles. The monoisotopic (exact) mass is 165 g/mol. The molecule has 0 saturated carbocycles. The highest BCUT2D eigenvalue weighted by molar-refractivity contribution is 5.55. The number of nitrogens with zero attached hydrogens (tertiary/aromatic N) is 1. The highest BCUT2D eigenvalue weighted by Crippen LogP contribution is 2.07. The number of hydrogen-bond acceptors (Lipinski definition) is 1. The Bertz CT molecular complexity index is 225. The minimum absolute atomic E-state index is 0. The summed E-state index contributed by atoms with van der Waals surface area (Å²) in [7, 11) is 0. The van der Waals surface area contributed by atoms with Crippen molar-refractivity contribution in [3.8, 4) is 0 Å². The fourth-order valence-corrected chi connectivity index (χ4v) is 0.594. The van der Waals surface area contributed by atoms with Crippen molar-refractivity contribution < 1.29 is 5.48 Å². The Morgan fingerprint density at radius 3 is 2.08 bits per heavy atom. The lowest BCUT2D eigenvalue weighted by Gasteiger charge is -1.84. The molecule has 1 rings (SSSR count). The molecule has 0 aliphatic carbocycles. The van der Waals surface area contributed by atoms with E-state index in [4.69, 9.17) is 0 Å². The largest absolute Gasteiger partial charge is 0.412 e. The van der Waals surface area contributed by atoms with Gasteiger partial charge in [-0.3, -0.25) is 0 Å². The third kappa shape index (κ3) is 5.42. The van der Waals surface area contributed by atoms with Crippen molar-refractivity contribution in [1.82, 2.24) is 0 Å². The zero-order chi connectivity index (χ0) is 8.53. The van der Waals surface area contributed by atoms with Crippen LogP contribution >= 0.6 is 0 Å². The molecule has 12 heavy (non-hydrogen) atoms. The number of benzene rings is 1. The Balaban J connectivity index is 0. The van der Waals surface area contributed by atoms with Crippen LogP contribution in [-0.2, 0) is 0 Å². The van der Waals surface area contributed by atoms with Crippen LogP contribution in [0.3, 0.4) is 0 Å². The van der Waals surface area contributed by atoms with Crippen molar-refractivity contribution in [3.63, 3.8) is 0 Å². The zero-order valence-electron chi connectivity index (χ0n) is 7.54. The van der Waals surface area contributed by atoms with Crippen LogP contribution in [0.15, 0.2) is 41.9 Å². The normalized spacial score (nSPS) is 6.50. The summed E-state index contributed by atoms with van der Waals surface area (Å²) in [6.07, 6.45) is 0. The van der Waals surface area contributed by atoms with Crippen molar-refractivity contribution >= 4 is 11.6 Å². The van der Waals surface area contributed by atoms with Crippen LogP contribution < -0.4 is 0 Å². The third-order valence-corrected chi connectivity index (χ3v) is 0.964. The molecule has 2 N–H and O–H groups in total. The Hall–Kier alpha value is -1.37. The molecule has 0 aliphatic heterocycles. The summed E-state index contributed by atoms with van der Waals surface area (Å²) in [5.41, 5.74) is 0.896. The fraction of sp³-hybridized carbons (Fsp3) is 0.200. The van der Waals surface area contributed by atoms with Gasteiger partial charge in [-0.1, -0.05) is 32.0 Å². The van der Waals surface area contributed by atoms with E-state index in [0.29, 0.717) is 0 Å². The molecular weight excluding hydrogens is 150 g/mol. The quantitative estimate of drug-likeness (QED) is 0.573. The number of rotatable bonds is 1. The first-order chi connectivity index (χ1) is 5.43. The summed E-state index contributed by atoms with van der Waals surface area (Å²) < 4.78 is 0. The Kier molecular flexibility index (Phi) is 10.6. The van der Waals surface area contributed by atoms with Gasteiger partial charge in [0.05, 0.1) is 5.69 Å². The van der Waals surface area contributed by atoms with E-state index in [2.05, 4.69) is 17.4 Å². The summed E-state index contributed by atoms with van der Waals surface area (Å²) in [6, 6.07) is 9.60. The molecule has 66 valence electrons. The lowest BCUT2D eigenvalue weighted by atomic mass is 10.3. The van der Waals surface area contributed by atoms with Gasteiger partial charge in [-0.05, 0) is 24.6 Å². The van der Waals surface area contributed by atoms with Gasteiger partial charge < -0.3 is 5.48 Å². The van der Waals surface area contributed by atoms with E-state index in [1.54, 1.807) is 0 Å². The average molecular weight is 165 g/mol. The summed E-state index contributed by atoms with van der Waals surface area (Å²) in [5.74, 6) is 2.46. The molecule has 0 spiro atoms. The van der Waals surface area contributed by atoms with Crippen LogP contribution in [-0.4, -0.2) is 11.3 Å². The SMILES string of the molecule is C=C=Nc1ccccc1.CC.O. The third-order valence-electron chi connectivity index (χ3n) is 0.964. The summed E-state index contributed by atoms with van der Waals surface area (Å²) >= 11 is 0. The van der Waals surface area contributed by atoms with Crippen molar-refractivity contribution in [3.05, 3.63) is 36.9 Å². The maximum atomic E-state index is 3.85. The van der Waals surface area contributed by atoms with Crippen LogP contribution in [0.4, 0.5) is 5.69 Å². The Labute approximate surface area is 73.6 Å². The first-order valence-corrected chi connectivity index (χ1v) is 3.71. The predicted molar refractivity (Wildman–Crippen MR) is 54.1 cm³/mol. The van der Waals surface area contributed by atoms with E-state index in [0.717, 1.165) is 5.69 Å². The van der Waals surface area contributed by atoms with Crippen LogP contribution in [0.1, 0.15) is 13.8 Å². The smallest absolute Gasteiger partial charge is 0.0729 e. The van der Waals surface area contributed by atoms with Gasteiger partial charge in [0.25, 0.3) is 0 Å². The maximum Gasteiger partial charge on any atom is 0.0729 e. The molecule has 0 fully saturated rings. The van der Waals surface area contributed by atoms with Gasteiger partial charge in [-0.15, -0.1) is 0 Å². The minimum Gasteiger partial charge on any atom is -0.412 e. The first kappa shape index (κ1) is 13.2. The molecule has 0 radical (unpaired) electrons. The van der Waals surface area contributed by atoms with Gasteiger partial charge in [0.1, 0.15) is 0 Å².